The van der Waals surface area contributed by atoms with Gasteiger partial charge in [-0.3, -0.25) is 9.59 Å². The minimum atomic E-state index is -1.52. The number of aliphatic carboxylic acids is 1. The van der Waals surface area contributed by atoms with E-state index in [2.05, 4.69) is 111 Å². The molecule has 0 fully saturated rings. The lowest BCUT2D eigenvalue weighted by molar-refractivity contribution is -0.870. The second kappa shape index (κ2) is 77.9. The van der Waals surface area contributed by atoms with E-state index in [1.807, 2.05) is 21.1 Å². The molecule has 9 nitrogen and oxygen atoms in total. The van der Waals surface area contributed by atoms with Crippen molar-refractivity contribution in [3.63, 3.8) is 0 Å². The molecule has 0 aliphatic carbocycles. The lowest BCUT2D eigenvalue weighted by atomic mass is 10.0. The molecule has 0 bridgehead atoms. The average molecular weight is 1360 g/mol. The molecule has 0 amide bonds. The van der Waals surface area contributed by atoms with Crippen LogP contribution in [0.15, 0.2) is 97.2 Å². The van der Waals surface area contributed by atoms with Crippen LogP contribution in [-0.2, 0) is 33.3 Å². The van der Waals surface area contributed by atoms with Gasteiger partial charge in [0, 0.05) is 12.8 Å². The summed E-state index contributed by atoms with van der Waals surface area (Å²) in [6, 6.07) is 0. The van der Waals surface area contributed by atoms with Gasteiger partial charge in [-0.15, -0.1) is 0 Å². The third kappa shape index (κ3) is 79.4. The normalized spacial score (nSPS) is 13.1. The van der Waals surface area contributed by atoms with E-state index < -0.39 is 24.3 Å². The quantitative estimate of drug-likeness (QED) is 0.0211. The predicted molar refractivity (Wildman–Crippen MR) is 419 cm³/mol. The minimum Gasteiger partial charge on any atom is -0.477 e. The van der Waals surface area contributed by atoms with E-state index in [9.17, 15) is 19.5 Å². The zero-order chi connectivity index (χ0) is 70.4. The maximum absolute atomic E-state index is 13.0. The van der Waals surface area contributed by atoms with Gasteiger partial charge in [0.15, 0.2) is 6.10 Å². The molecule has 0 aliphatic rings. The Labute approximate surface area is 601 Å². The lowest BCUT2D eigenvalue weighted by Crippen LogP contribution is -2.40. The van der Waals surface area contributed by atoms with Crippen LogP contribution >= 0.6 is 0 Å². The van der Waals surface area contributed by atoms with Crippen molar-refractivity contribution < 1.29 is 42.9 Å². The molecule has 9 heteroatoms. The number of likely N-dealkylation sites (N-methyl/N-ethyl adjacent to an activating group) is 1. The maximum atomic E-state index is 13.0. The van der Waals surface area contributed by atoms with E-state index in [1.165, 1.54) is 263 Å². The largest absolute Gasteiger partial charge is 0.477 e. The molecule has 2 atom stereocenters. The van der Waals surface area contributed by atoms with Gasteiger partial charge in [0.05, 0.1) is 34.4 Å². The highest BCUT2D eigenvalue weighted by atomic mass is 16.7. The van der Waals surface area contributed by atoms with Crippen LogP contribution in [0.2, 0.25) is 0 Å². The Morgan fingerprint density at radius 2 is 0.588 bits per heavy atom. The van der Waals surface area contributed by atoms with E-state index >= 15 is 0 Å². The zero-order valence-corrected chi connectivity index (χ0v) is 64.5. The van der Waals surface area contributed by atoms with E-state index in [0.717, 1.165) is 89.9 Å². The predicted octanol–water partition coefficient (Wildman–Crippen LogP) is 26.7. The number of carboxylic acids is 1. The highest BCUT2D eigenvalue weighted by Crippen LogP contribution is 2.19. The molecule has 0 aromatic carbocycles. The zero-order valence-electron chi connectivity index (χ0n) is 64.5. The van der Waals surface area contributed by atoms with Crippen LogP contribution in [0.4, 0.5) is 0 Å². The first kappa shape index (κ1) is 93.2. The summed E-state index contributed by atoms with van der Waals surface area (Å²) < 4.78 is 23.1. The monoisotopic (exact) mass is 1360 g/mol. The molecule has 0 rings (SSSR count). The van der Waals surface area contributed by atoms with Gasteiger partial charge in [0.2, 0.25) is 0 Å². The molecule has 0 saturated carbocycles. The number of rotatable bonds is 77. The molecule has 2 unspecified atom stereocenters. The second-order valence-electron chi connectivity index (χ2n) is 29.1. The van der Waals surface area contributed by atoms with Gasteiger partial charge in [-0.25, -0.2) is 4.79 Å². The number of quaternary nitrogens is 1. The summed E-state index contributed by atoms with van der Waals surface area (Å²) >= 11 is 0. The Morgan fingerprint density at radius 1 is 0.320 bits per heavy atom. The van der Waals surface area contributed by atoms with Crippen LogP contribution in [-0.4, -0.2) is 87.4 Å². The summed E-state index contributed by atoms with van der Waals surface area (Å²) in [7, 11) is 5.99. The van der Waals surface area contributed by atoms with Crippen molar-refractivity contribution >= 4 is 17.9 Å². The topological polar surface area (TPSA) is 108 Å². The van der Waals surface area contributed by atoms with Gasteiger partial charge in [0.1, 0.15) is 13.2 Å². The number of ether oxygens (including phenoxy) is 4. The van der Waals surface area contributed by atoms with Crippen LogP contribution in [0.5, 0.6) is 0 Å². The van der Waals surface area contributed by atoms with Gasteiger partial charge < -0.3 is 28.5 Å². The fraction of sp³-hybridized carbons (Fsp3) is 0.784. The minimum absolute atomic E-state index is 0.183. The molecule has 0 saturated heterocycles. The van der Waals surface area contributed by atoms with Gasteiger partial charge in [-0.05, 0) is 96.3 Å². The fourth-order valence-corrected chi connectivity index (χ4v) is 12.1. The van der Waals surface area contributed by atoms with Crippen molar-refractivity contribution in [2.45, 2.75) is 399 Å². The van der Waals surface area contributed by atoms with Crippen LogP contribution in [0.1, 0.15) is 386 Å². The molecule has 0 aromatic rings. The standard InChI is InChI=1S/C88H157NO8/c1-6-8-10-12-14-16-18-20-22-24-26-28-30-32-34-36-38-40-41-42-43-44-45-47-48-50-52-54-56-58-60-62-64-66-68-70-72-74-76-78-85(90)95-82-84(83-96-88(87(92)93)94-81-80-89(3,4)5)97-86(91)79-77-75-73-71-69-67-65-63-61-59-57-55-53-51-49-46-39-37-35-33-31-29-27-25-23-21-19-17-15-13-11-9-7-2/h9,11,15,17,21,23-24,26-27,29,33,35,39,46,51,53,84,88H,6-8,10,12-14,16,18-20,22,25,28,30-32,34,36-38,40-45,47-50,52,54-83H2,1-5H3/p+1/b11-9-,17-15-,23-21-,26-24-,29-27-,35-33-,46-39-,53-51-. The molecule has 562 valence electrons. The van der Waals surface area contributed by atoms with Crippen LogP contribution in [0, 0.1) is 0 Å². The smallest absolute Gasteiger partial charge is 0.361 e. The summed E-state index contributed by atoms with van der Waals surface area (Å²) in [4.78, 5) is 37.8. The molecule has 1 N–H and O–H groups in total. The summed E-state index contributed by atoms with van der Waals surface area (Å²) in [5.74, 6) is -1.99. The SMILES string of the molecule is CC/C=C\C/C=C\C/C=C\C/C=C\C/C=C\C/C=C\C/C=C\CCCCCCCCCCCCCC(=O)OC(COC(=O)CCCCCCCCCCCCCCCCCCCCCCCCCCCCC/C=C\CCCCCCCCCC)COC(OCC[N+](C)(C)C)C(=O)O. The molecular formula is C88H158NO8+. The average Bonchev–Trinajstić information content (AvgIpc) is 2.59. The summed E-state index contributed by atoms with van der Waals surface area (Å²) in [5, 5.41) is 9.78. The van der Waals surface area contributed by atoms with Crippen molar-refractivity contribution in [1.82, 2.24) is 0 Å². The summed E-state index contributed by atoms with van der Waals surface area (Å²) in [6.45, 7) is 4.81. The summed E-state index contributed by atoms with van der Waals surface area (Å²) in [5.41, 5.74) is 0. The Bertz CT molecular complexity index is 1920. The third-order valence-corrected chi connectivity index (χ3v) is 18.3. The second-order valence-corrected chi connectivity index (χ2v) is 29.1. The van der Waals surface area contributed by atoms with Gasteiger partial charge in [-0.1, -0.05) is 374 Å². The highest BCUT2D eigenvalue weighted by molar-refractivity contribution is 5.71. The van der Waals surface area contributed by atoms with E-state index in [-0.39, 0.29) is 32.2 Å². The number of allylic oxidation sites excluding steroid dienone is 16. The van der Waals surface area contributed by atoms with Crippen molar-refractivity contribution in [3.05, 3.63) is 97.2 Å². The Hall–Kier alpha value is -3.79. The first-order valence-corrected chi connectivity index (χ1v) is 41.4. The Morgan fingerprint density at radius 3 is 0.887 bits per heavy atom. The van der Waals surface area contributed by atoms with Gasteiger partial charge >= 0.3 is 17.9 Å². The lowest BCUT2D eigenvalue weighted by Gasteiger charge is -2.25. The van der Waals surface area contributed by atoms with Crippen molar-refractivity contribution in [2.75, 3.05) is 47.5 Å². The van der Waals surface area contributed by atoms with Crippen LogP contribution in [0.25, 0.3) is 0 Å². The van der Waals surface area contributed by atoms with Gasteiger partial charge in [0.25, 0.3) is 6.29 Å². The molecule has 0 radical (unpaired) electrons. The first-order valence-electron chi connectivity index (χ1n) is 41.4. The van der Waals surface area contributed by atoms with Crippen LogP contribution in [0.3, 0.4) is 0 Å². The number of carboxylic acid groups (broad SMARTS) is 1. The van der Waals surface area contributed by atoms with Crippen LogP contribution < -0.4 is 0 Å². The van der Waals surface area contributed by atoms with Crippen molar-refractivity contribution in [3.8, 4) is 0 Å². The van der Waals surface area contributed by atoms with Crippen molar-refractivity contribution in [2.24, 2.45) is 0 Å². The molecule has 0 aliphatic heterocycles. The number of carbonyl (C=O) groups excluding carboxylic acids is 2. The number of carbonyl (C=O) groups is 3. The third-order valence-electron chi connectivity index (χ3n) is 18.3. The molecule has 0 aromatic heterocycles. The first-order chi connectivity index (χ1) is 47.6. The molecular weight excluding hydrogens is 1200 g/mol. The van der Waals surface area contributed by atoms with E-state index in [4.69, 9.17) is 18.9 Å². The maximum Gasteiger partial charge on any atom is 0.361 e. The number of hydrogen-bond donors (Lipinski definition) is 1. The number of nitrogens with zero attached hydrogens (tertiary/aromatic N) is 1. The highest BCUT2D eigenvalue weighted by Gasteiger charge is 2.25. The van der Waals surface area contributed by atoms with Gasteiger partial charge in [-0.2, -0.15) is 0 Å². The van der Waals surface area contributed by atoms with E-state index in [0.29, 0.717) is 23.9 Å². The molecule has 0 heterocycles. The number of esters is 2. The Kier molecular flexibility index (Phi) is 74.9. The molecule has 0 spiro atoms. The molecule has 97 heavy (non-hydrogen) atoms. The van der Waals surface area contributed by atoms with E-state index in [1.54, 1.807) is 0 Å². The number of unbranched alkanes of at least 4 members (excludes halogenated alkanes) is 46. The Balaban J connectivity index is 3.99. The van der Waals surface area contributed by atoms with Crippen molar-refractivity contribution in [1.29, 1.82) is 0 Å². The fourth-order valence-electron chi connectivity index (χ4n) is 12.1. The summed E-state index contributed by atoms with van der Waals surface area (Å²) in [6.07, 6.45) is 106. The number of hydrogen-bond acceptors (Lipinski definition) is 7.